The first-order valence-corrected chi connectivity index (χ1v) is 16.6. The number of nitro groups is 1. The van der Waals surface area contributed by atoms with Crippen molar-refractivity contribution in [2.75, 3.05) is 6.26 Å². The summed E-state index contributed by atoms with van der Waals surface area (Å²) in [5.41, 5.74) is 0.461. The minimum Gasteiger partial charge on any atom is -0.460 e. The monoisotopic (exact) mass is 549 g/mol. The summed E-state index contributed by atoms with van der Waals surface area (Å²) < 4.78 is 5.45. The molecule has 3 rings (SSSR count). The molecule has 36 heavy (non-hydrogen) atoms. The highest BCUT2D eigenvalue weighted by atomic mass is 32.2. The number of ether oxygens (including phenoxy) is 1. The number of amides is 2. The Morgan fingerprint density at radius 2 is 1.92 bits per heavy atom. The Kier molecular flexibility index (Phi) is 8.31. The third-order valence-corrected chi connectivity index (χ3v) is 10.3. The van der Waals surface area contributed by atoms with Crippen LogP contribution in [0.2, 0.25) is 13.1 Å². The number of nitrogens with zero attached hydrogens (tertiary/aromatic N) is 2. The van der Waals surface area contributed by atoms with E-state index in [1.165, 1.54) is 47.4 Å². The third-order valence-electron chi connectivity index (χ3n) is 6.12. The second-order valence-electron chi connectivity index (χ2n) is 9.98. The summed E-state index contributed by atoms with van der Waals surface area (Å²) in [5.74, 6) is -2.74. The van der Waals surface area contributed by atoms with Crippen molar-refractivity contribution in [2.45, 2.75) is 62.5 Å². The molecule has 2 heterocycles. The number of rotatable bonds is 9. The Morgan fingerprint density at radius 3 is 2.39 bits per heavy atom. The number of nitro benzene ring substituents is 1. The molecule has 1 aliphatic rings. The first kappa shape index (κ1) is 27.9. The normalized spacial score (nSPS) is 20.6. The van der Waals surface area contributed by atoms with Crippen molar-refractivity contribution in [3.05, 3.63) is 62.3 Å². The number of carbonyl (C=O) groups is 3. The SMILES string of the molecule is CSC1(NC(=O)C(C(=O)OCc2ccc([N+](=O)[O-])cc2)c2ccsc2)C(=O)N(C(C)(C)C)C1[SiH](C)C. The van der Waals surface area contributed by atoms with Crippen molar-refractivity contribution in [3.8, 4) is 0 Å². The van der Waals surface area contributed by atoms with Crippen molar-refractivity contribution in [3.63, 3.8) is 0 Å². The van der Waals surface area contributed by atoms with Crippen LogP contribution in [0, 0.1) is 10.1 Å². The van der Waals surface area contributed by atoms with E-state index in [1.807, 2.05) is 25.7 Å². The summed E-state index contributed by atoms with van der Waals surface area (Å²) >= 11 is 2.65. The zero-order valence-electron chi connectivity index (χ0n) is 21.1. The summed E-state index contributed by atoms with van der Waals surface area (Å²) in [6, 6.07) is 7.34. The molecule has 1 saturated heterocycles. The van der Waals surface area contributed by atoms with Crippen LogP contribution < -0.4 is 5.32 Å². The zero-order valence-corrected chi connectivity index (χ0v) is 23.9. The van der Waals surface area contributed by atoms with E-state index in [0.717, 1.165) is 0 Å². The molecule has 1 N–H and O–H groups in total. The second-order valence-corrected chi connectivity index (χ2v) is 14.9. The molecule has 0 aliphatic carbocycles. The van der Waals surface area contributed by atoms with Gasteiger partial charge in [0, 0.05) is 17.7 Å². The largest absolute Gasteiger partial charge is 0.460 e. The van der Waals surface area contributed by atoms with Gasteiger partial charge >= 0.3 is 5.97 Å². The van der Waals surface area contributed by atoms with Gasteiger partial charge in [-0.1, -0.05) is 13.1 Å². The van der Waals surface area contributed by atoms with Gasteiger partial charge in [-0.15, -0.1) is 11.8 Å². The van der Waals surface area contributed by atoms with Crippen LogP contribution >= 0.6 is 23.1 Å². The van der Waals surface area contributed by atoms with Gasteiger partial charge in [0.15, 0.2) is 10.8 Å². The highest BCUT2D eigenvalue weighted by molar-refractivity contribution is 8.01. The molecule has 0 bridgehead atoms. The molecule has 12 heteroatoms. The molecule has 0 radical (unpaired) electrons. The van der Waals surface area contributed by atoms with Gasteiger partial charge in [-0.3, -0.25) is 24.5 Å². The second kappa shape index (κ2) is 10.7. The van der Waals surface area contributed by atoms with E-state index in [-0.39, 0.29) is 29.4 Å². The molecular weight excluding hydrogens is 518 g/mol. The highest BCUT2D eigenvalue weighted by Crippen LogP contribution is 2.45. The van der Waals surface area contributed by atoms with Gasteiger partial charge < -0.3 is 15.0 Å². The Labute approximate surface area is 220 Å². The fourth-order valence-corrected chi connectivity index (χ4v) is 9.54. The molecule has 1 aromatic heterocycles. The molecule has 9 nitrogen and oxygen atoms in total. The van der Waals surface area contributed by atoms with Crippen LogP contribution in [-0.4, -0.2) is 58.7 Å². The molecular formula is C24H31N3O6S2Si. The van der Waals surface area contributed by atoms with Crippen LogP contribution in [0.4, 0.5) is 5.69 Å². The number of non-ortho nitro benzene ring substituents is 1. The van der Waals surface area contributed by atoms with E-state index in [2.05, 4.69) is 18.4 Å². The Bertz CT molecular complexity index is 1130. The maximum atomic E-state index is 13.6. The smallest absolute Gasteiger partial charge is 0.323 e. The van der Waals surface area contributed by atoms with E-state index in [4.69, 9.17) is 4.74 Å². The molecule has 2 aromatic rings. The van der Waals surface area contributed by atoms with Crippen LogP contribution in [0.3, 0.4) is 0 Å². The van der Waals surface area contributed by atoms with E-state index < -0.39 is 36.4 Å². The zero-order chi connectivity index (χ0) is 26.8. The predicted octanol–water partition coefficient (Wildman–Crippen LogP) is 3.69. The number of thioether (sulfide) groups is 1. The van der Waals surface area contributed by atoms with E-state index in [0.29, 0.717) is 11.1 Å². The quantitative estimate of drug-likeness (QED) is 0.0964. The number of thiophene rings is 1. The van der Waals surface area contributed by atoms with E-state index in [1.54, 1.807) is 23.1 Å². The van der Waals surface area contributed by atoms with Gasteiger partial charge in [0.25, 0.3) is 11.6 Å². The molecule has 0 spiro atoms. The van der Waals surface area contributed by atoms with Gasteiger partial charge in [-0.2, -0.15) is 11.3 Å². The molecule has 3 unspecified atom stereocenters. The van der Waals surface area contributed by atoms with Gasteiger partial charge in [0.2, 0.25) is 5.91 Å². The van der Waals surface area contributed by atoms with Gasteiger partial charge in [-0.05, 0) is 67.1 Å². The Balaban J connectivity index is 1.82. The molecule has 1 fully saturated rings. The van der Waals surface area contributed by atoms with Crippen molar-refractivity contribution < 1.29 is 24.0 Å². The number of nitrogens with one attached hydrogen (secondary N) is 1. The highest BCUT2D eigenvalue weighted by Gasteiger charge is 2.65. The van der Waals surface area contributed by atoms with Gasteiger partial charge in [0.1, 0.15) is 6.61 Å². The van der Waals surface area contributed by atoms with Gasteiger partial charge in [0.05, 0.1) is 19.4 Å². The maximum Gasteiger partial charge on any atom is 0.323 e. The average Bonchev–Trinajstić information content (AvgIpc) is 3.32. The molecule has 0 saturated carbocycles. The molecule has 2 amide bonds. The Hall–Kier alpha value is -2.70. The molecule has 1 aromatic carbocycles. The standard InChI is InChI=1S/C24H31N3O6S2Si/c1-23(2,3)26-21(30)24(34-4,22(26)36(5)6)25-19(28)18(16-11-12-35-14-16)20(29)33-13-15-7-9-17(10-8-15)27(31)32/h7-12,14,18,22,36H,13H2,1-6H3,(H,25,28). The summed E-state index contributed by atoms with van der Waals surface area (Å²) in [6.07, 6.45) is 1.80. The van der Waals surface area contributed by atoms with Crippen LogP contribution in [0.15, 0.2) is 41.1 Å². The fraction of sp³-hybridized carbons (Fsp3) is 0.458. The minimum atomic E-state index is -1.45. The minimum absolute atomic E-state index is 0.0688. The van der Waals surface area contributed by atoms with Crippen LogP contribution in [-0.2, 0) is 25.7 Å². The van der Waals surface area contributed by atoms with Crippen LogP contribution in [0.5, 0.6) is 0 Å². The number of carbonyl (C=O) groups excluding carboxylic acids is 3. The summed E-state index contributed by atoms with van der Waals surface area (Å²) in [6.45, 7) is 10.1. The average molecular weight is 550 g/mol. The van der Waals surface area contributed by atoms with E-state index in [9.17, 15) is 24.5 Å². The van der Waals surface area contributed by atoms with Crippen LogP contribution in [0.1, 0.15) is 37.8 Å². The van der Waals surface area contributed by atoms with Crippen molar-refractivity contribution in [1.29, 1.82) is 0 Å². The number of β-lactam (4-membered cyclic amide) rings is 1. The number of hydrogen-bond acceptors (Lipinski definition) is 8. The lowest BCUT2D eigenvalue weighted by Gasteiger charge is -2.61. The van der Waals surface area contributed by atoms with Crippen LogP contribution in [0.25, 0.3) is 0 Å². The third kappa shape index (κ3) is 5.35. The lowest BCUT2D eigenvalue weighted by molar-refractivity contribution is -0.384. The summed E-state index contributed by atoms with van der Waals surface area (Å²) in [4.78, 5) is 51.3. The maximum absolute atomic E-state index is 13.6. The summed E-state index contributed by atoms with van der Waals surface area (Å²) in [7, 11) is -1.45. The summed E-state index contributed by atoms with van der Waals surface area (Å²) in [5, 5.41) is 17.3. The van der Waals surface area contributed by atoms with E-state index >= 15 is 0 Å². The Morgan fingerprint density at radius 1 is 1.28 bits per heavy atom. The first-order chi connectivity index (χ1) is 16.8. The first-order valence-electron chi connectivity index (χ1n) is 11.5. The fourth-order valence-electron chi connectivity index (χ4n) is 4.46. The lowest BCUT2D eigenvalue weighted by atomic mass is 9.94. The van der Waals surface area contributed by atoms with Gasteiger partial charge in [-0.25, -0.2) is 0 Å². The van der Waals surface area contributed by atoms with Crippen molar-refractivity contribution in [1.82, 2.24) is 10.2 Å². The lowest BCUT2D eigenvalue weighted by Crippen LogP contribution is -2.84. The molecule has 3 atom stereocenters. The predicted molar refractivity (Wildman–Crippen MR) is 144 cm³/mol. The number of esters is 1. The number of hydrogen-bond donors (Lipinski definition) is 1. The number of benzene rings is 1. The molecule has 194 valence electrons. The van der Waals surface area contributed by atoms with Crippen molar-refractivity contribution >= 4 is 55.4 Å². The molecule has 1 aliphatic heterocycles. The number of likely N-dealkylation sites (tertiary alicyclic amines) is 1. The topological polar surface area (TPSA) is 119 Å². The van der Waals surface area contributed by atoms with Crippen molar-refractivity contribution in [2.24, 2.45) is 0 Å².